The van der Waals surface area contributed by atoms with Crippen molar-refractivity contribution in [2.75, 3.05) is 11.9 Å². The van der Waals surface area contributed by atoms with Gasteiger partial charge in [-0.2, -0.15) is 0 Å². The number of aryl methyl sites for hydroxylation is 1. The molecule has 0 saturated carbocycles. The van der Waals surface area contributed by atoms with E-state index in [0.29, 0.717) is 29.6 Å². The molecule has 0 saturated heterocycles. The number of thiazole rings is 2. The fourth-order valence-electron chi connectivity index (χ4n) is 3.23. The maximum Gasteiger partial charge on any atom is 0.257 e. The molecule has 7 nitrogen and oxygen atoms in total. The van der Waals surface area contributed by atoms with Crippen LogP contribution in [0.2, 0.25) is 0 Å². The van der Waals surface area contributed by atoms with Crippen LogP contribution < -0.4 is 15.4 Å². The summed E-state index contributed by atoms with van der Waals surface area (Å²) >= 11 is 2.90. The van der Waals surface area contributed by atoms with Crippen molar-refractivity contribution in [1.82, 2.24) is 15.3 Å². The van der Waals surface area contributed by atoms with Gasteiger partial charge in [0.1, 0.15) is 12.4 Å². The van der Waals surface area contributed by atoms with Gasteiger partial charge in [0, 0.05) is 35.4 Å². The highest BCUT2D eigenvalue weighted by Crippen LogP contribution is 2.26. The van der Waals surface area contributed by atoms with Gasteiger partial charge in [0.15, 0.2) is 5.13 Å². The van der Waals surface area contributed by atoms with E-state index in [4.69, 9.17) is 4.74 Å². The molecule has 4 aromatic rings. The molecule has 174 valence electrons. The molecular formula is C25H24N4O3S2. The lowest BCUT2D eigenvalue weighted by atomic mass is 10.1. The van der Waals surface area contributed by atoms with Gasteiger partial charge < -0.3 is 10.1 Å². The number of carbonyl (C=O) groups is 2. The first-order valence-corrected chi connectivity index (χ1v) is 12.6. The zero-order chi connectivity index (χ0) is 23.8. The van der Waals surface area contributed by atoms with Crippen LogP contribution in [-0.2, 0) is 17.8 Å². The number of carbonyl (C=O) groups excluding carboxylic acids is 2. The molecule has 0 aliphatic carbocycles. The third-order valence-corrected chi connectivity index (χ3v) is 6.35. The summed E-state index contributed by atoms with van der Waals surface area (Å²) in [7, 11) is 0. The smallest absolute Gasteiger partial charge is 0.257 e. The number of nitrogens with zero attached hydrogens (tertiary/aromatic N) is 2. The van der Waals surface area contributed by atoms with Crippen LogP contribution in [0.15, 0.2) is 64.8 Å². The summed E-state index contributed by atoms with van der Waals surface area (Å²) in [6.45, 7) is 2.56. The standard InChI is InChI=1S/C25H24N4O3S2/c1-17(30)26-11-3-4-18-7-9-19(10-8-18)23-15-34-25(28-23)29-24(31)20-5-2-6-22(12-20)32-13-21-14-33-16-27-21/h2,5-10,12,14-16H,3-4,11,13H2,1H3,(H,26,30)(H,28,29,31). The molecule has 0 aliphatic rings. The molecule has 0 spiro atoms. The van der Waals surface area contributed by atoms with Crippen LogP contribution in [0.1, 0.15) is 35.0 Å². The molecule has 0 fully saturated rings. The van der Waals surface area contributed by atoms with Gasteiger partial charge in [-0.3, -0.25) is 14.9 Å². The second-order valence-electron chi connectivity index (χ2n) is 7.57. The first-order valence-electron chi connectivity index (χ1n) is 10.8. The number of ether oxygens (including phenoxy) is 1. The zero-order valence-corrected chi connectivity index (χ0v) is 20.2. The predicted molar refractivity (Wildman–Crippen MR) is 135 cm³/mol. The van der Waals surface area contributed by atoms with Crippen molar-refractivity contribution in [3.63, 3.8) is 0 Å². The number of amides is 2. The quantitative estimate of drug-likeness (QED) is 0.298. The maximum absolute atomic E-state index is 12.7. The van der Waals surface area contributed by atoms with Gasteiger partial charge in [-0.1, -0.05) is 30.3 Å². The number of hydrogen-bond donors (Lipinski definition) is 2. The fourth-order valence-corrected chi connectivity index (χ4v) is 4.48. The molecule has 34 heavy (non-hydrogen) atoms. The number of nitrogens with one attached hydrogen (secondary N) is 2. The summed E-state index contributed by atoms with van der Waals surface area (Å²) in [6, 6.07) is 15.2. The summed E-state index contributed by atoms with van der Waals surface area (Å²) in [5.41, 5.74) is 6.11. The van der Waals surface area contributed by atoms with Crippen molar-refractivity contribution in [2.24, 2.45) is 0 Å². The minimum absolute atomic E-state index is 0.00512. The van der Waals surface area contributed by atoms with E-state index in [-0.39, 0.29) is 11.8 Å². The molecule has 2 amide bonds. The summed E-state index contributed by atoms with van der Waals surface area (Å²) < 4.78 is 5.74. The molecule has 0 aliphatic heterocycles. The summed E-state index contributed by atoms with van der Waals surface area (Å²) in [5.74, 6) is 0.363. The van der Waals surface area contributed by atoms with Gasteiger partial charge in [0.2, 0.25) is 5.91 Å². The van der Waals surface area contributed by atoms with E-state index in [1.807, 2.05) is 29.0 Å². The Hall–Kier alpha value is -3.56. The second kappa shape index (κ2) is 11.5. The van der Waals surface area contributed by atoms with Gasteiger partial charge in [-0.05, 0) is 36.6 Å². The van der Waals surface area contributed by atoms with Gasteiger partial charge in [0.25, 0.3) is 5.91 Å². The van der Waals surface area contributed by atoms with Crippen molar-refractivity contribution in [2.45, 2.75) is 26.4 Å². The van der Waals surface area contributed by atoms with Crippen LogP contribution >= 0.6 is 22.7 Å². The van der Waals surface area contributed by atoms with E-state index in [2.05, 4.69) is 32.7 Å². The topological polar surface area (TPSA) is 93.2 Å². The summed E-state index contributed by atoms with van der Waals surface area (Å²) in [5, 5.41) is 10.1. The lowest BCUT2D eigenvalue weighted by Crippen LogP contribution is -2.21. The van der Waals surface area contributed by atoms with E-state index in [1.165, 1.54) is 35.2 Å². The Morgan fingerprint density at radius 2 is 1.94 bits per heavy atom. The first kappa shape index (κ1) is 23.6. The van der Waals surface area contributed by atoms with Crippen molar-refractivity contribution in [3.8, 4) is 17.0 Å². The van der Waals surface area contributed by atoms with E-state index in [0.717, 1.165) is 29.8 Å². The van der Waals surface area contributed by atoms with Gasteiger partial charge in [0.05, 0.1) is 16.9 Å². The Bertz CT molecular complexity index is 1240. The van der Waals surface area contributed by atoms with Crippen molar-refractivity contribution >= 4 is 39.6 Å². The molecule has 0 bridgehead atoms. The Morgan fingerprint density at radius 3 is 2.71 bits per heavy atom. The summed E-state index contributed by atoms with van der Waals surface area (Å²) in [4.78, 5) is 32.4. The molecule has 0 unspecified atom stereocenters. The van der Waals surface area contributed by atoms with Crippen LogP contribution in [0.4, 0.5) is 5.13 Å². The molecule has 4 rings (SSSR count). The van der Waals surface area contributed by atoms with E-state index >= 15 is 0 Å². The van der Waals surface area contributed by atoms with E-state index < -0.39 is 0 Å². The van der Waals surface area contributed by atoms with Crippen molar-refractivity contribution in [1.29, 1.82) is 0 Å². The largest absolute Gasteiger partial charge is 0.487 e. The molecule has 0 radical (unpaired) electrons. The number of hydrogen-bond acceptors (Lipinski definition) is 7. The minimum Gasteiger partial charge on any atom is -0.487 e. The minimum atomic E-state index is -0.241. The van der Waals surface area contributed by atoms with Gasteiger partial charge in [-0.15, -0.1) is 22.7 Å². The Kier molecular flexibility index (Phi) is 8.00. The third-order valence-electron chi connectivity index (χ3n) is 4.96. The molecule has 2 heterocycles. The highest BCUT2D eigenvalue weighted by molar-refractivity contribution is 7.14. The molecule has 2 N–H and O–H groups in total. The molecule has 9 heteroatoms. The fraction of sp³-hybridized carbons (Fsp3) is 0.200. The number of aromatic nitrogens is 2. The Morgan fingerprint density at radius 1 is 1.09 bits per heavy atom. The molecule has 2 aromatic heterocycles. The second-order valence-corrected chi connectivity index (χ2v) is 9.15. The van der Waals surface area contributed by atoms with Gasteiger partial charge >= 0.3 is 0 Å². The van der Waals surface area contributed by atoms with Crippen molar-refractivity contribution < 1.29 is 14.3 Å². The van der Waals surface area contributed by atoms with Gasteiger partial charge in [-0.25, -0.2) is 9.97 Å². The summed E-state index contributed by atoms with van der Waals surface area (Å²) in [6.07, 6.45) is 1.79. The number of anilines is 1. The van der Waals surface area contributed by atoms with Crippen LogP contribution in [0.3, 0.4) is 0 Å². The molecule has 2 aromatic carbocycles. The highest BCUT2D eigenvalue weighted by Gasteiger charge is 2.11. The number of benzene rings is 2. The molecular weight excluding hydrogens is 468 g/mol. The lowest BCUT2D eigenvalue weighted by Gasteiger charge is -2.07. The van der Waals surface area contributed by atoms with Crippen LogP contribution in [0, 0.1) is 0 Å². The first-order chi connectivity index (χ1) is 16.6. The zero-order valence-electron chi connectivity index (χ0n) is 18.6. The average Bonchev–Trinajstić information content (AvgIpc) is 3.53. The van der Waals surface area contributed by atoms with Crippen molar-refractivity contribution in [3.05, 3.63) is 81.6 Å². The highest BCUT2D eigenvalue weighted by atomic mass is 32.1. The van der Waals surface area contributed by atoms with Crippen LogP contribution in [0.5, 0.6) is 5.75 Å². The maximum atomic E-state index is 12.7. The predicted octanol–water partition coefficient (Wildman–Crippen LogP) is 5.17. The SMILES string of the molecule is CC(=O)NCCCc1ccc(-c2csc(NC(=O)c3cccc(OCc4cscn4)c3)n2)cc1. The average molecular weight is 493 g/mol. The van der Waals surface area contributed by atoms with Crippen LogP contribution in [0.25, 0.3) is 11.3 Å². The monoisotopic (exact) mass is 492 g/mol. The third kappa shape index (κ3) is 6.72. The van der Waals surface area contributed by atoms with E-state index in [1.54, 1.807) is 23.7 Å². The van der Waals surface area contributed by atoms with E-state index in [9.17, 15) is 9.59 Å². The Balaban J connectivity index is 1.32. The Labute approximate surface area is 205 Å². The lowest BCUT2D eigenvalue weighted by molar-refractivity contribution is -0.118. The van der Waals surface area contributed by atoms with Crippen LogP contribution in [-0.4, -0.2) is 28.3 Å². The normalized spacial score (nSPS) is 10.6. The molecule has 0 atom stereocenters. The number of rotatable bonds is 10.